The first-order valence-corrected chi connectivity index (χ1v) is 6.57. The van der Waals surface area contributed by atoms with Gasteiger partial charge >= 0.3 is 5.97 Å². The fourth-order valence-electron chi connectivity index (χ4n) is 1.94. The molecule has 1 aliphatic rings. The Labute approximate surface area is 114 Å². The highest BCUT2D eigenvalue weighted by molar-refractivity contribution is 9.10. The average Bonchev–Trinajstić information content (AvgIpc) is 3.08. The number of hydrogen-bond donors (Lipinski definition) is 2. The van der Waals surface area contributed by atoms with Crippen LogP contribution in [-0.4, -0.2) is 17.0 Å². The molecule has 0 aliphatic heterocycles. The average molecular weight is 312 g/mol. The van der Waals surface area contributed by atoms with Crippen molar-refractivity contribution in [1.29, 1.82) is 0 Å². The van der Waals surface area contributed by atoms with E-state index in [4.69, 9.17) is 5.11 Å². The van der Waals surface area contributed by atoms with Crippen LogP contribution in [0, 0.1) is 11.8 Å². The molecule has 4 nitrogen and oxygen atoms in total. The molecule has 5 heteroatoms. The second kappa shape index (κ2) is 5.10. The van der Waals surface area contributed by atoms with Crippen molar-refractivity contribution in [2.75, 3.05) is 0 Å². The molecule has 0 heterocycles. The first kappa shape index (κ1) is 13.1. The van der Waals surface area contributed by atoms with E-state index in [1.807, 2.05) is 31.2 Å². The quantitative estimate of drug-likeness (QED) is 0.897. The molecule has 18 heavy (non-hydrogen) atoms. The van der Waals surface area contributed by atoms with Crippen LogP contribution in [0.15, 0.2) is 28.7 Å². The van der Waals surface area contributed by atoms with Crippen LogP contribution in [0.5, 0.6) is 0 Å². The fraction of sp³-hybridized carbons (Fsp3) is 0.385. The van der Waals surface area contributed by atoms with Crippen LogP contribution in [-0.2, 0) is 9.59 Å². The lowest BCUT2D eigenvalue weighted by Crippen LogP contribution is -2.29. The van der Waals surface area contributed by atoms with Crippen molar-refractivity contribution in [1.82, 2.24) is 5.32 Å². The number of aliphatic carboxylic acids is 1. The highest BCUT2D eigenvalue weighted by Gasteiger charge is 2.48. The van der Waals surface area contributed by atoms with Gasteiger partial charge in [0.2, 0.25) is 5.91 Å². The smallest absolute Gasteiger partial charge is 0.307 e. The number of halogens is 1. The van der Waals surface area contributed by atoms with Crippen LogP contribution in [0.25, 0.3) is 0 Å². The summed E-state index contributed by atoms with van der Waals surface area (Å²) in [4.78, 5) is 22.5. The molecule has 2 rings (SSSR count). The van der Waals surface area contributed by atoms with E-state index >= 15 is 0 Å². The summed E-state index contributed by atoms with van der Waals surface area (Å²) in [7, 11) is 0. The van der Waals surface area contributed by atoms with Gasteiger partial charge in [-0.1, -0.05) is 28.1 Å². The van der Waals surface area contributed by atoms with Gasteiger partial charge in [-0.25, -0.2) is 0 Å². The number of hydrogen-bond acceptors (Lipinski definition) is 2. The van der Waals surface area contributed by atoms with E-state index in [-0.39, 0.29) is 17.9 Å². The van der Waals surface area contributed by atoms with Gasteiger partial charge in [-0.3, -0.25) is 9.59 Å². The van der Waals surface area contributed by atoms with Gasteiger partial charge in [0.15, 0.2) is 0 Å². The van der Waals surface area contributed by atoms with Crippen LogP contribution >= 0.6 is 15.9 Å². The topological polar surface area (TPSA) is 66.4 Å². The molecule has 0 radical (unpaired) electrons. The number of carboxylic acids is 1. The summed E-state index contributed by atoms with van der Waals surface area (Å²) in [5.41, 5.74) is 0.991. The molecule has 1 saturated carbocycles. The number of rotatable bonds is 4. The van der Waals surface area contributed by atoms with Crippen LogP contribution in [0.1, 0.15) is 24.9 Å². The maximum Gasteiger partial charge on any atom is 0.307 e. The molecular formula is C13H14BrNO3. The second-order valence-corrected chi connectivity index (χ2v) is 5.49. The number of nitrogens with one attached hydrogen (secondary N) is 1. The lowest BCUT2D eigenvalue weighted by atomic mass is 10.1. The van der Waals surface area contributed by atoms with Crippen molar-refractivity contribution < 1.29 is 14.7 Å². The Morgan fingerprint density at radius 3 is 2.72 bits per heavy atom. The molecule has 0 saturated heterocycles. The van der Waals surface area contributed by atoms with Gasteiger partial charge in [0.1, 0.15) is 0 Å². The van der Waals surface area contributed by atoms with Gasteiger partial charge in [-0.2, -0.15) is 0 Å². The Morgan fingerprint density at radius 2 is 2.17 bits per heavy atom. The molecule has 2 N–H and O–H groups in total. The summed E-state index contributed by atoms with van der Waals surface area (Å²) >= 11 is 3.38. The molecule has 3 atom stereocenters. The van der Waals surface area contributed by atoms with E-state index in [1.165, 1.54) is 0 Å². The number of carbonyl (C=O) groups excluding carboxylic acids is 1. The number of amides is 1. The molecule has 0 aromatic heterocycles. The van der Waals surface area contributed by atoms with Crippen LogP contribution in [0.2, 0.25) is 0 Å². The minimum absolute atomic E-state index is 0.120. The van der Waals surface area contributed by atoms with Gasteiger partial charge in [-0.15, -0.1) is 0 Å². The second-order valence-electron chi connectivity index (χ2n) is 4.57. The summed E-state index contributed by atoms with van der Waals surface area (Å²) in [5, 5.41) is 11.6. The minimum atomic E-state index is -0.884. The van der Waals surface area contributed by atoms with Crippen molar-refractivity contribution in [2.24, 2.45) is 11.8 Å². The predicted octanol–water partition coefficient (Wildman–Crippen LogP) is 2.35. The summed E-state index contributed by atoms with van der Waals surface area (Å²) < 4.78 is 0.955. The Hall–Kier alpha value is -1.36. The van der Waals surface area contributed by atoms with Gasteiger partial charge < -0.3 is 10.4 Å². The van der Waals surface area contributed by atoms with Gasteiger partial charge in [0, 0.05) is 4.47 Å². The Morgan fingerprint density at radius 1 is 1.44 bits per heavy atom. The zero-order valence-electron chi connectivity index (χ0n) is 9.89. The van der Waals surface area contributed by atoms with E-state index in [0.717, 1.165) is 10.0 Å². The third-order valence-corrected chi connectivity index (χ3v) is 3.65. The zero-order valence-corrected chi connectivity index (χ0v) is 11.5. The van der Waals surface area contributed by atoms with E-state index in [9.17, 15) is 9.59 Å². The summed E-state index contributed by atoms with van der Waals surface area (Å²) in [6, 6.07) is 7.56. The first-order valence-electron chi connectivity index (χ1n) is 5.77. The molecule has 1 fully saturated rings. The normalized spacial score (nSPS) is 23.2. The molecule has 1 aliphatic carbocycles. The molecule has 96 valence electrons. The lowest BCUT2D eigenvalue weighted by molar-refractivity contribution is -0.140. The molecule has 1 aromatic carbocycles. The van der Waals surface area contributed by atoms with Crippen molar-refractivity contribution in [3.05, 3.63) is 34.3 Å². The maximum atomic E-state index is 11.8. The Bertz CT molecular complexity index is 489. The standard InChI is InChI=1S/C13H14BrNO3/c1-7(8-3-2-4-9(14)5-8)15-12(16)10-6-11(10)13(17)18/h2-5,7,10-11H,6H2,1H3,(H,15,16)(H,17,18)/t7?,10-,11+/m1/s1. The fourth-order valence-corrected chi connectivity index (χ4v) is 2.35. The molecule has 1 unspecified atom stereocenters. The van der Waals surface area contributed by atoms with Crippen LogP contribution < -0.4 is 5.32 Å². The van der Waals surface area contributed by atoms with E-state index in [2.05, 4.69) is 21.2 Å². The maximum absolute atomic E-state index is 11.8. The molecular weight excluding hydrogens is 298 g/mol. The number of carboxylic acid groups (broad SMARTS) is 1. The highest BCUT2D eigenvalue weighted by atomic mass is 79.9. The van der Waals surface area contributed by atoms with Crippen LogP contribution in [0.3, 0.4) is 0 Å². The summed E-state index contributed by atoms with van der Waals surface area (Å²) in [6.07, 6.45) is 0.451. The monoisotopic (exact) mass is 311 g/mol. The molecule has 0 bridgehead atoms. The summed E-state index contributed by atoms with van der Waals surface area (Å²) in [5.74, 6) is -1.92. The zero-order chi connectivity index (χ0) is 13.3. The number of carbonyl (C=O) groups is 2. The van der Waals surface area contributed by atoms with E-state index < -0.39 is 11.9 Å². The molecule has 0 spiro atoms. The molecule has 1 aromatic rings. The predicted molar refractivity (Wildman–Crippen MR) is 69.9 cm³/mol. The van der Waals surface area contributed by atoms with E-state index in [0.29, 0.717) is 6.42 Å². The van der Waals surface area contributed by atoms with Crippen LogP contribution in [0.4, 0.5) is 0 Å². The Kier molecular flexibility index (Phi) is 3.71. The molecule has 1 amide bonds. The van der Waals surface area contributed by atoms with Gasteiger partial charge in [-0.05, 0) is 31.0 Å². The Balaban J connectivity index is 1.94. The van der Waals surface area contributed by atoms with Crippen molar-refractivity contribution >= 4 is 27.8 Å². The van der Waals surface area contributed by atoms with Crippen molar-refractivity contribution in [3.8, 4) is 0 Å². The van der Waals surface area contributed by atoms with Gasteiger partial charge in [0.05, 0.1) is 17.9 Å². The largest absolute Gasteiger partial charge is 0.481 e. The van der Waals surface area contributed by atoms with Gasteiger partial charge in [0.25, 0.3) is 0 Å². The third-order valence-electron chi connectivity index (χ3n) is 3.15. The number of benzene rings is 1. The summed E-state index contributed by atoms with van der Waals surface area (Å²) in [6.45, 7) is 1.89. The lowest BCUT2D eigenvalue weighted by Gasteiger charge is -2.14. The van der Waals surface area contributed by atoms with Crippen molar-refractivity contribution in [2.45, 2.75) is 19.4 Å². The first-order chi connectivity index (χ1) is 8.49. The SMILES string of the molecule is CC(NC(=O)[C@@H]1C[C@@H]1C(=O)O)c1cccc(Br)c1. The van der Waals surface area contributed by atoms with Crippen molar-refractivity contribution in [3.63, 3.8) is 0 Å². The third kappa shape index (κ3) is 2.90. The highest BCUT2D eigenvalue weighted by Crippen LogP contribution is 2.39. The van der Waals surface area contributed by atoms with E-state index in [1.54, 1.807) is 0 Å². The minimum Gasteiger partial charge on any atom is -0.481 e.